The quantitative estimate of drug-likeness (QED) is 0.517. The van der Waals surface area contributed by atoms with E-state index in [4.69, 9.17) is 0 Å². The minimum absolute atomic E-state index is 0. The molecule has 0 saturated carbocycles. The summed E-state index contributed by atoms with van der Waals surface area (Å²) >= 11 is 0. The molecule has 20 heavy (non-hydrogen) atoms. The molecule has 0 aromatic heterocycles. The van der Waals surface area contributed by atoms with Crippen LogP contribution in [0.3, 0.4) is 0 Å². The zero-order valence-electron chi connectivity index (χ0n) is 13.1. The summed E-state index contributed by atoms with van der Waals surface area (Å²) in [6.07, 6.45) is 0. The van der Waals surface area contributed by atoms with Crippen molar-refractivity contribution in [1.82, 2.24) is 0 Å². The molecule has 0 fully saturated rings. The molecular formula is C16H16Na2O2. The van der Waals surface area contributed by atoms with Crippen molar-refractivity contribution in [3.8, 4) is 22.6 Å². The van der Waals surface area contributed by atoms with Crippen molar-refractivity contribution in [2.24, 2.45) is 0 Å². The van der Waals surface area contributed by atoms with Crippen LogP contribution in [0, 0.1) is 27.7 Å². The average Bonchev–Trinajstić information content (AvgIpc) is 2.31. The van der Waals surface area contributed by atoms with E-state index in [0.717, 1.165) is 33.4 Å². The van der Waals surface area contributed by atoms with Crippen LogP contribution < -0.4 is 69.3 Å². The maximum Gasteiger partial charge on any atom is 1.00 e. The molecule has 0 heterocycles. The van der Waals surface area contributed by atoms with Crippen molar-refractivity contribution in [3.05, 3.63) is 46.5 Å². The molecule has 2 aromatic rings. The van der Waals surface area contributed by atoms with Gasteiger partial charge in [0.2, 0.25) is 0 Å². The van der Waals surface area contributed by atoms with Gasteiger partial charge in [0.15, 0.2) is 0 Å². The van der Waals surface area contributed by atoms with E-state index in [2.05, 4.69) is 0 Å². The Kier molecular flexibility index (Phi) is 7.90. The Morgan fingerprint density at radius 2 is 0.750 bits per heavy atom. The van der Waals surface area contributed by atoms with Crippen molar-refractivity contribution in [2.75, 3.05) is 0 Å². The second-order valence-corrected chi connectivity index (χ2v) is 4.88. The van der Waals surface area contributed by atoms with Crippen molar-refractivity contribution < 1.29 is 69.3 Å². The van der Waals surface area contributed by atoms with Crippen LogP contribution >= 0.6 is 0 Å². The Bertz CT molecular complexity index is 520. The van der Waals surface area contributed by atoms with Gasteiger partial charge in [-0.1, -0.05) is 46.5 Å². The fourth-order valence-corrected chi connectivity index (χ4v) is 2.23. The van der Waals surface area contributed by atoms with Crippen molar-refractivity contribution in [2.45, 2.75) is 27.7 Å². The molecule has 0 atom stereocenters. The number of hydrogen-bond donors (Lipinski definition) is 0. The molecule has 0 amide bonds. The van der Waals surface area contributed by atoms with Crippen molar-refractivity contribution in [1.29, 1.82) is 0 Å². The molecular weight excluding hydrogens is 270 g/mol. The van der Waals surface area contributed by atoms with Gasteiger partial charge in [-0.2, -0.15) is 0 Å². The van der Waals surface area contributed by atoms with E-state index in [1.165, 1.54) is 0 Å². The van der Waals surface area contributed by atoms with E-state index in [1.807, 2.05) is 52.0 Å². The summed E-state index contributed by atoms with van der Waals surface area (Å²) in [5.41, 5.74) is 4.96. The van der Waals surface area contributed by atoms with Gasteiger partial charge in [-0.15, -0.1) is 11.5 Å². The third kappa shape index (κ3) is 4.03. The molecule has 0 spiro atoms. The van der Waals surface area contributed by atoms with Gasteiger partial charge >= 0.3 is 59.1 Å². The van der Waals surface area contributed by atoms with Gasteiger partial charge in [0.05, 0.1) is 0 Å². The van der Waals surface area contributed by atoms with Gasteiger partial charge in [0, 0.05) is 0 Å². The van der Waals surface area contributed by atoms with Crippen molar-refractivity contribution >= 4 is 0 Å². The first-order valence-electron chi connectivity index (χ1n) is 5.97. The van der Waals surface area contributed by atoms with Crippen LogP contribution in [0.5, 0.6) is 11.5 Å². The summed E-state index contributed by atoms with van der Waals surface area (Å²) in [5, 5.41) is 23.4. The molecule has 0 radical (unpaired) electrons. The van der Waals surface area contributed by atoms with Gasteiger partial charge < -0.3 is 10.2 Å². The topological polar surface area (TPSA) is 46.1 Å². The minimum atomic E-state index is 0. The Morgan fingerprint density at radius 3 is 0.950 bits per heavy atom. The summed E-state index contributed by atoms with van der Waals surface area (Å²) in [7, 11) is 0. The molecule has 4 heteroatoms. The van der Waals surface area contributed by atoms with Gasteiger partial charge in [-0.3, -0.25) is 0 Å². The average molecular weight is 286 g/mol. The maximum atomic E-state index is 11.7. The summed E-state index contributed by atoms with van der Waals surface area (Å²) in [6, 6.07) is 7.53. The second-order valence-electron chi connectivity index (χ2n) is 4.88. The smallest absolute Gasteiger partial charge is 0.872 e. The zero-order valence-corrected chi connectivity index (χ0v) is 17.1. The van der Waals surface area contributed by atoms with Crippen molar-refractivity contribution in [3.63, 3.8) is 0 Å². The molecule has 2 aromatic carbocycles. The van der Waals surface area contributed by atoms with E-state index in [-0.39, 0.29) is 70.6 Å². The van der Waals surface area contributed by atoms with Crippen LogP contribution in [-0.4, -0.2) is 0 Å². The standard InChI is InChI=1S/C16H18O2.2Na/c1-9-5-13(6-10(2)15(9)17)14-7-11(3)16(18)12(4)8-14;;/h5-8,17-18H,1-4H3;;/q;2*+1/p-2. The van der Waals surface area contributed by atoms with Crippen LogP contribution in [-0.2, 0) is 0 Å². The van der Waals surface area contributed by atoms with Gasteiger partial charge in [0.25, 0.3) is 0 Å². The normalized spacial score (nSPS) is 9.60. The number of rotatable bonds is 1. The summed E-state index contributed by atoms with van der Waals surface area (Å²) < 4.78 is 0. The van der Waals surface area contributed by atoms with Crippen LogP contribution in [0.4, 0.5) is 0 Å². The van der Waals surface area contributed by atoms with Gasteiger partial charge in [0.1, 0.15) is 0 Å². The van der Waals surface area contributed by atoms with Crippen LogP contribution in [0.2, 0.25) is 0 Å². The third-order valence-electron chi connectivity index (χ3n) is 3.25. The molecule has 0 aliphatic carbocycles. The monoisotopic (exact) mass is 286 g/mol. The SMILES string of the molecule is Cc1cc(-c2cc(C)c([O-])c(C)c2)cc(C)c1[O-].[Na+].[Na+]. The molecule has 0 saturated heterocycles. The minimum Gasteiger partial charge on any atom is -0.872 e. The molecule has 0 aliphatic heterocycles. The summed E-state index contributed by atoms with van der Waals surface area (Å²) in [6.45, 7) is 7.28. The fourth-order valence-electron chi connectivity index (χ4n) is 2.23. The van der Waals surface area contributed by atoms with Gasteiger partial charge in [-0.05, 0) is 38.8 Å². The number of aryl methyl sites for hydroxylation is 4. The molecule has 0 N–H and O–H groups in total. The first kappa shape index (κ1) is 20.0. The molecule has 0 unspecified atom stereocenters. The van der Waals surface area contributed by atoms with Crippen LogP contribution in [0.1, 0.15) is 22.3 Å². The van der Waals surface area contributed by atoms with E-state index in [9.17, 15) is 10.2 Å². The Hall–Kier alpha value is 0.0400. The van der Waals surface area contributed by atoms with E-state index in [1.54, 1.807) is 0 Å². The van der Waals surface area contributed by atoms with Crippen LogP contribution in [0.15, 0.2) is 24.3 Å². The van der Waals surface area contributed by atoms with E-state index < -0.39 is 0 Å². The van der Waals surface area contributed by atoms with E-state index >= 15 is 0 Å². The predicted octanol–water partition coefficient (Wildman–Crippen LogP) is -3.26. The zero-order chi connectivity index (χ0) is 13.4. The summed E-state index contributed by atoms with van der Waals surface area (Å²) in [4.78, 5) is 0. The summed E-state index contributed by atoms with van der Waals surface area (Å²) in [5.74, 6) is 0.181. The number of benzene rings is 2. The predicted molar refractivity (Wildman–Crippen MR) is 69.7 cm³/mol. The van der Waals surface area contributed by atoms with Gasteiger partial charge in [-0.25, -0.2) is 0 Å². The molecule has 94 valence electrons. The second kappa shape index (κ2) is 7.88. The number of hydrogen-bond acceptors (Lipinski definition) is 2. The molecule has 2 rings (SSSR count). The molecule has 2 nitrogen and oxygen atoms in total. The van der Waals surface area contributed by atoms with Crippen LogP contribution in [0.25, 0.3) is 11.1 Å². The first-order valence-corrected chi connectivity index (χ1v) is 5.97. The largest absolute Gasteiger partial charge is 1.00 e. The fraction of sp³-hybridized carbons (Fsp3) is 0.250. The maximum absolute atomic E-state index is 11.7. The van der Waals surface area contributed by atoms with E-state index in [0.29, 0.717) is 0 Å². The Morgan fingerprint density at radius 1 is 0.550 bits per heavy atom. The first-order chi connectivity index (χ1) is 8.40. The third-order valence-corrected chi connectivity index (χ3v) is 3.25. The molecule has 0 aliphatic rings. The molecule has 0 bridgehead atoms. The Labute approximate surface area is 164 Å². The Balaban J connectivity index is 0.00000180.